The van der Waals surface area contributed by atoms with Gasteiger partial charge in [-0.2, -0.15) is 0 Å². The van der Waals surface area contributed by atoms with Crippen LogP contribution in [-0.4, -0.2) is 51.1 Å². The van der Waals surface area contributed by atoms with Gasteiger partial charge in [0.25, 0.3) is 0 Å². The van der Waals surface area contributed by atoms with E-state index < -0.39 is 0 Å². The first kappa shape index (κ1) is 24.9. The van der Waals surface area contributed by atoms with Crippen molar-refractivity contribution in [2.75, 3.05) is 33.0 Å². The van der Waals surface area contributed by atoms with Crippen molar-refractivity contribution in [3.63, 3.8) is 0 Å². The highest BCUT2D eigenvalue weighted by Crippen LogP contribution is 2.30. The Bertz CT molecular complexity index is 415. The monoisotopic (exact) mass is 374 g/mol. The Morgan fingerprint density at radius 2 is 1.27 bits per heavy atom. The number of esters is 2. The SMILES string of the molecule is CC(C)C(=O)OCCOCCOCC(C)(C)C(OC(=O)C(C)C)C(C)C. The molecular formula is C20H38O6. The quantitative estimate of drug-likeness (QED) is 0.363. The molecule has 0 heterocycles. The molecule has 0 rings (SSSR count). The van der Waals surface area contributed by atoms with Gasteiger partial charge in [0, 0.05) is 5.41 Å². The van der Waals surface area contributed by atoms with Crippen molar-refractivity contribution >= 4 is 11.9 Å². The van der Waals surface area contributed by atoms with Crippen LogP contribution in [0, 0.1) is 23.2 Å². The lowest BCUT2D eigenvalue weighted by atomic mass is 9.81. The zero-order valence-corrected chi connectivity index (χ0v) is 17.8. The van der Waals surface area contributed by atoms with Crippen molar-refractivity contribution in [3.8, 4) is 0 Å². The highest BCUT2D eigenvalue weighted by atomic mass is 16.6. The van der Waals surface area contributed by atoms with Crippen LogP contribution in [-0.2, 0) is 28.5 Å². The molecule has 0 radical (unpaired) electrons. The van der Waals surface area contributed by atoms with Crippen molar-refractivity contribution in [1.82, 2.24) is 0 Å². The van der Waals surface area contributed by atoms with Crippen LogP contribution in [0.4, 0.5) is 0 Å². The zero-order chi connectivity index (χ0) is 20.3. The maximum absolute atomic E-state index is 12.0. The molecule has 0 saturated heterocycles. The number of ether oxygens (including phenoxy) is 4. The molecule has 0 N–H and O–H groups in total. The highest BCUT2D eigenvalue weighted by Gasteiger charge is 2.35. The fourth-order valence-electron chi connectivity index (χ4n) is 2.46. The number of carbonyl (C=O) groups is 2. The Kier molecular flexibility index (Phi) is 11.7. The maximum atomic E-state index is 12.0. The molecule has 154 valence electrons. The summed E-state index contributed by atoms with van der Waals surface area (Å²) >= 11 is 0. The average molecular weight is 375 g/mol. The number of hydrogen-bond acceptors (Lipinski definition) is 6. The second kappa shape index (κ2) is 12.3. The average Bonchev–Trinajstić information content (AvgIpc) is 2.53. The van der Waals surface area contributed by atoms with Gasteiger partial charge in [-0.05, 0) is 5.92 Å². The van der Waals surface area contributed by atoms with E-state index in [0.29, 0.717) is 26.4 Å². The number of hydrogen-bond donors (Lipinski definition) is 0. The van der Waals surface area contributed by atoms with Crippen LogP contribution in [0.1, 0.15) is 55.4 Å². The third-order valence-electron chi connectivity index (χ3n) is 3.88. The van der Waals surface area contributed by atoms with Gasteiger partial charge in [-0.15, -0.1) is 0 Å². The smallest absolute Gasteiger partial charge is 0.308 e. The second-order valence-corrected chi connectivity index (χ2v) is 8.23. The lowest BCUT2D eigenvalue weighted by Gasteiger charge is -2.36. The van der Waals surface area contributed by atoms with E-state index >= 15 is 0 Å². The van der Waals surface area contributed by atoms with Gasteiger partial charge >= 0.3 is 11.9 Å². The molecule has 6 heteroatoms. The normalized spacial score (nSPS) is 13.3. The topological polar surface area (TPSA) is 71.1 Å². The Labute approximate surface area is 158 Å². The van der Waals surface area contributed by atoms with Gasteiger partial charge in [0.05, 0.1) is 38.3 Å². The van der Waals surface area contributed by atoms with Gasteiger partial charge in [0.15, 0.2) is 0 Å². The summed E-state index contributed by atoms with van der Waals surface area (Å²) in [4.78, 5) is 23.2. The Hall–Kier alpha value is -1.14. The molecule has 0 spiro atoms. The Balaban J connectivity index is 4.10. The van der Waals surface area contributed by atoms with Gasteiger partial charge in [0.1, 0.15) is 12.7 Å². The van der Waals surface area contributed by atoms with E-state index in [9.17, 15) is 9.59 Å². The summed E-state index contributed by atoms with van der Waals surface area (Å²) in [7, 11) is 0. The van der Waals surface area contributed by atoms with E-state index in [4.69, 9.17) is 18.9 Å². The molecule has 0 aliphatic heterocycles. The molecule has 0 aliphatic rings. The molecule has 0 aliphatic carbocycles. The summed E-state index contributed by atoms with van der Waals surface area (Å²) in [5.41, 5.74) is -0.300. The predicted molar refractivity (Wildman–Crippen MR) is 101 cm³/mol. The van der Waals surface area contributed by atoms with Crippen LogP contribution in [0.5, 0.6) is 0 Å². The molecule has 26 heavy (non-hydrogen) atoms. The predicted octanol–water partition coefficient (Wildman–Crippen LogP) is 3.47. The fraction of sp³-hybridized carbons (Fsp3) is 0.900. The Morgan fingerprint density at radius 1 is 0.769 bits per heavy atom. The van der Waals surface area contributed by atoms with Gasteiger partial charge in [-0.1, -0.05) is 55.4 Å². The van der Waals surface area contributed by atoms with E-state index in [0.717, 1.165) is 0 Å². The number of carbonyl (C=O) groups excluding carboxylic acids is 2. The van der Waals surface area contributed by atoms with Crippen molar-refractivity contribution < 1.29 is 28.5 Å². The minimum absolute atomic E-state index is 0.126. The van der Waals surface area contributed by atoms with Crippen LogP contribution in [0.15, 0.2) is 0 Å². The summed E-state index contributed by atoms with van der Waals surface area (Å²) < 4.78 is 21.8. The van der Waals surface area contributed by atoms with Crippen molar-refractivity contribution in [2.45, 2.75) is 61.5 Å². The molecule has 0 saturated carbocycles. The zero-order valence-electron chi connectivity index (χ0n) is 17.8. The molecule has 0 aromatic heterocycles. The first-order valence-corrected chi connectivity index (χ1v) is 9.51. The highest BCUT2D eigenvalue weighted by molar-refractivity contribution is 5.72. The summed E-state index contributed by atoms with van der Waals surface area (Å²) in [6.07, 6.45) is -0.214. The minimum Gasteiger partial charge on any atom is -0.463 e. The van der Waals surface area contributed by atoms with E-state index in [2.05, 4.69) is 0 Å². The fourth-order valence-corrected chi connectivity index (χ4v) is 2.46. The summed E-state index contributed by atoms with van der Waals surface area (Å²) in [6, 6.07) is 0. The molecule has 1 atom stereocenters. The first-order chi connectivity index (χ1) is 12.0. The van der Waals surface area contributed by atoms with Gasteiger partial charge in [0.2, 0.25) is 0 Å². The standard InChI is InChI=1S/C20H38O6/c1-14(2)17(26-19(22)16(5)6)20(7,8)13-24-10-9-23-11-12-25-18(21)15(3)4/h14-17H,9-13H2,1-8H3. The third kappa shape index (κ3) is 10.1. The van der Waals surface area contributed by atoms with E-state index in [1.807, 2.05) is 41.5 Å². The first-order valence-electron chi connectivity index (χ1n) is 9.51. The molecule has 6 nitrogen and oxygen atoms in total. The van der Waals surface area contributed by atoms with E-state index in [1.54, 1.807) is 13.8 Å². The van der Waals surface area contributed by atoms with Crippen molar-refractivity contribution in [2.24, 2.45) is 23.2 Å². The molecule has 0 amide bonds. The molecule has 0 aromatic carbocycles. The van der Waals surface area contributed by atoms with Gasteiger partial charge in [-0.3, -0.25) is 9.59 Å². The van der Waals surface area contributed by atoms with E-state index in [-0.39, 0.29) is 47.8 Å². The lowest BCUT2D eigenvalue weighted by Crippen LogP contribution is -2.42. The van der Waals surface area contributed by atoms with Crippen LogP contribution < -0.4 is 0 Å². The largest absolute Gasteiger partial charge is 0.463 e. The summed E-state index contributed by atoms with van der Waals surface area (Å²) in [6.45, 7) is 17.3. The number of rotatable bonds is 13. The van der Waals surface area contributed by atoms with Crippen LogP contribution in [0.25, 0.3) is 0 Å². The van der Waals surface area contributed by atoms with Crippen LogP contribution >= 0.6 is 0 Å². The molecule has 0 fully saturated rings. The van der Waals surface area contributed by atoms with Crippen molar-refractivity contribution in [3.05, 3.63) is 0 Å². The van der Waals surface area contributed by atoms with Crippen molar-refractivity contribution in [1.29, 1.82) is 0 Å². The maximum Gasteiger partial charge on any atom is 0.308 e. The van der Waals surface area contributed by atoms with Crippen LogP contribution in [0.3, 0.4) is 0 Å². The molecule has 1 unspecified atom stereocenters. The van der Waals surface area contributed by atoms with Gasteiger partial charge < -0.3 is 18.9 Å². The lowest BCUT2D eigenvalue weighted by molar-refractivity contribution is -0.166. The molecule has 0 bridgehead atoms. The van der Waals surface area contributed by atoms with Crippen LogP contribution in [0.2, 0.25) is 0 Å². The molecular weight excluding hydrogens is 336 g/mol. The summed E-state index contributed by atoms with van der Waals surface area (Å²) in [5, 5.41) is 0. The van der Waals surface area contributed by atoms with Gasteiger partial charge in [-0.25, -0.2) is 0 Å². The second-order valence-electron chi connectivity index (χ2n) is 8.23. The Morgan fingerprint density at radius 3 is 1.77 bits per heavy atom. The minimum atomic E-state index is -0.300. The third-order valence-corrected chi connectivity index (χ3v) is 3.88. The molecule has 0 aromatic rings. The summed E-state index contributed by atoms with van der Waals surface area (Å²) in [5.74, 6) is -0.480. The van der Waals surface area contributed by atoms with E-state index in [1.165, 1.54) is 0 Å².